The molecule has 128 valence electrons. The summed E-state index contributed by atoms with van der Waals surface area (Å²) < 4.78 is 0. The van der Waals surface area contributed by atoms with Gasteiger partial charge in [-0.25, -0.2) is 0 Å². The van der Waals surface area contributed by atoms with Gasteiger partial charge in [0.05, 0.1) is 0 Å². The number of H-pyrrole nitrogens is 1. The van der Waals surface area contributed by atoms with Crippen LogP contribution in [0.2, 0.25) is 5.02 Å². The average molecular weight is 352 g/mol. The van der Waals surface area contributed by atoms with Gasteiger partial charge >= 0.3 is 0 Å². The van der Waals surface area contributed by atoms with Crippen LogP contribution in [0.3, 0.4) is 0 Å². The van der Waals surface area contributed by atoms with E-state index in [0.29, 0.717) is 12.5 Å². The third-order valence-corrected chi connectivity index (χ3v) is 5.13. The van der Waals surface area contributed by atoms with Crippen molar-refractivity contribution in [3.05, 3.63) is 70.0 Å². The number of halogens is 1. The van der Waals surface area contributed by atoms with E-state index in [4.69, 9.17) is 17.3 Å². The first-order chi connectivity index (χ1) is 12.1. The van der Waals surface area contributed by atoms with E-state index in [1.165, 1.54) is 27.9 Å². The minimum atomic E-state index is 0.393. The van der Waals surface area contributed by atoms with Crippen LogP contribution in [0.25, 0.3) is 17.0 Å². The molecule has 0 aliphatic heterocycles. The minimum Gasteiger partial charge on any atom is -0.359 e. The summed E-state index contributed by atoms with van der Waals surface area (Å²) in [5, 5.41) is 5.51. The van der Waals surface area contributed by atoms with Crippen LogP contribution < -0.4 is 11.1 Å². The van der Waals surface area contributed by atoms with Gasteiger partial charge in [0.1, 0.15) is 0 Å². The van der Waals surface area contributed by atoms with Crippen LogP contribution in [0.15, 0.2) is 48.2 Å². The van der Waals surface area contributed by atoms with E-state index in [9.17, 15) is 0 Å². The van der Waals surface area contributed by atoms with E-state index < -0.39 is 0 Å². The van der Waals surface area contributed by atoms with Crippen molar-refractivity contribution in [3.8, 4) is 0 Å². The highest BCUT2D eigenvalue weighted by molar-refractivity contribution is 6.31. The molecule has 1 aliphatic rings. The van der Waals surface area contributed by atoms with Crippen molar-refractivity contribution in [2.24, 2.45) is 5.73 Å². The topological polar surface area (TPSA) is 53.8 Å². The highest BCUT2D eigenvalue weighted by Gasteiger charge is 2.24. The third kappa shape index (κ3) is 3.17. The summed E-state index contributed by atoms with van der Waals surface area (Å²) in [5.41, 5.74) is 13.1. The van der Waals surface area contributed by atoms with Crippen LogP contribution in [-0.4, -0.2) is 11.5 Å². The van der Waals surface area contributed by atoms with Gasteiger partial charge in [-0.15, -0.1) is 0 Å². The van der Waals surface area contributed by atoms with Crippen LogP contribution in [0.1, 0.15) is 35.6 Å². The number of rotatable bonds is 4. The van der Waals surface area contributed by atoms with Gasteiger partial charge in [-0.05, 0) is 62.7 Å². The molecule has 4 rings (SSSR count). The van der Waals surface area contributed by atoms with E-state index in [-0.39, 0.29) is 0 Å². The summed E-state index contributed by atoms with van der Waals surface area (Å²) >= 11 is 6.23. The van der Waals surface area contributed by atoms with Crippen molar-refractivity contribution in [2.75, 3.05) is 11.9 Å². The lowest BCUT2D eigenvalue weighted by Crippen LogP contribution is -2.15. The quantitative estimate of drug-likeness (QED) is 0.588. The number of benzene rings is 2. The van der Waals surface area contributed by atoms with Gasteiger partial charge in [0.25, 0.3) is 0 Å². The molecule has 3 nitrogen and oxygen atoms in total. The first-order valence-electron chi connectivity index (χ1n) is 8.69. The van der Waals surface area contributed by atoms with Crippen molar-refractivity contribution < 1.29 is 0 Å². The zero-order valence-corrected chi connectivity index (χ0v) is 15.0. The molecular formula is C21H22ClN3. The number of anilines is 1. The number of hydrogen-bond donors (Lipinski definition) is 3. The maximum atomic E-state index is 6.23. The largest absolute Gasteiger partial charge is 0.359 e. The van der Waals surface area contributed by atoms with Crippen LogP contribution in [0.4, 0.5) is 5.69 Å². The van der Waals surface area contributed by atoms with Gasteiger partial charge in [0.2, 0.25) is 0 Å². The summed E-state index contributed by atoms with van der Waals surface area (Å²) in [4.78, 5) is 3.58. The molecule has 0 spiro atoms. The summed E-state index contributed by atoms with van der Waals surface area (Å²) in [6.07, 6.45) is 4.16. The van der Waals surface area contributed by atoms with Gasteiger partial charge in [-0.1, -0.05) is 29.3 Å². The second-order valence-corrected chi connectivity index (χ2v) is 7.22. The lowest BCUT2D eigenvalue weighted by Gasteiger charge is -2.24. The Hall–Kier alpha value is -2.23. The summed E-state index contributed by atoms with van der Waals surface area (Å²) in [6, 6.07) is 14.5. The summed E-state index contributed by atoms with van der Waals surface area (Å²) in [7, 11) is 0. The summed E-state index contributed by atoms with van der Waals surface area (Å²) in [6.45, 7) is 2.78. The highest BCUT2D eigenvalue weighted by atomic mass is 35.5. The second-order valence-electron chi connectivity index (χ2n) is 6.78. The SMILES string of the molecule is Cc1ccc(NC2=Cc3c([nH]c4ccc(Cl)cc34)C(CCN)C2)cc1. The fourth-order valence-corrected chi connectivity index (χ4v) is 3.81. The van der Waals surface area contributed by atoms with Crippen molar-refractivity contribution >= 4 is 34.3 Å². The molecular weight excluding hydrogens is 330 g/mol. The molecule has 0 amide bonds. The molecule has 4 N–H and O–H groups in total. The van der Waals surface area contributed by atoms with Crippen LogP contribution in [0.5, 0.6) is 0 Å². The van der Waals surface area contributed by atoms with Crippen molar-refractivity contribution in [2.45, 2.75) is 25.7 Å². The van der Waals surface area contributed by atoms with Crippen LogP contribution in [-0.2, 0) is 0 Å². The lowest BCUT2D eigenvalue weighted by atomic mass is 9.87. The van der Waals surface area contributed by atoms with Crippen molar-refractivity contribution in [1.29, 1.82) is 0 Å². The van der Waals surface area contributed by atoms with Crippen LogP contribution in [0, 0.1) is 6.92 Å². The molecule has 25 heavy (non-hydrogen) atoms. The monoisotopic (exact) mass is 351 g/mol. The normalized spacial score (nSPS) is 16.6. The Balaban J connectivity index is 1.76. The third-order valence-electron chi connectivity index (χ3n) is 4.90. The van der Waals surface area contributed by atoms with E-state index >= 15 is 0 Å². The molecule has 0 saturated heterocycles. The smallest absolute Gasteiger partial charge is 0.0463 e. The van der Waals surface area contributed by atoms with Gasteiger partial charge < -0.3 is 16.0 Å². The summed E-state index contributed by atoms with van der Waals surface area (Å²) in [5.74, 6) is 0.393. The number of aromatic amines is 1. The molecule has 1 unspecified atom stereocenters. The Kier molecular flexibility index (Phi) is 4.28. The molecule has 4 heteroatoms. The number of allylic oxidation sites excluding steroid dienone is 1. The molecule has 1 aliphatic carbocycles. The number of fused-ring (bicyclic) bond motifs is 3. The number of nitrogens with one attached hydrogen (secondary N) is 2. The fraction of sp³-hybridized carbons (Fsp3) is 0.238. The standard InChI is InChI=1S/C21H22ClN3/c1-13-2-5-16(6-3-13)24-17-10-14(8-9-23)21-19(12-17)18-11-15(22)4-7-20(18)25-21/h2-7,11-12,14,24-25H,8-10,23H2,1H3. The molecule has 0 bridgehead atoms. The maximum Gasteiger partial charge on any atom is 0.0463 e. The predicted octanol–water partition coefficient (Wildman–Crippen LogP) is 5.42. The van der Waals surface area contributed by atoms with Crippen molar-refractivity contribution in [1.82, 2.24) is 4.98 Å². The maximum absolute atomic E-state index is 6.23. The van der Waals surface area contributed by atoms with E-state index in [2.05, 4.69) is 53.6 Å². The highest BCUT2D eigenvalue weighted by Crippen LogP contribution is 2.40. The molecule has 3 aromatic rings. The van der Waals surface area contributed by atoms with E-state index in [1.54, 1.807) is 0 Å². The number of hydrogen-bond acceptors (Lipinski definition) is 2. The number of aryl methyl sites for hydroxylation is 1. The molecule has 1 aromatic heterocycles. The van der Waals surface area contributed by atoms with E-state index in [0.717, 1.165) is 29.1 Å². The van der Waals surface area contributed by atoms with Gasteiger partial charge in [0.15, 0.2) is 0 Å². The Morgan fingerprint density at radius 1 is 1.20 bits per heavy atom. The molecule has 0 fully saturated rings. The zero-order valence-electron chi connectivity index (χ0n) is 14.3. The van der Waals surface area contributed by atoms with E-state index in [1.807, 2.05) is 12.1 Å². The average Bonchev–Trinajstić information content (AvgIpc) is 2.96. The molecule has 0 saturated carbocycles. The Morgan fingerprint density at radius 3 is 2.76 bits per heavy atom. The lowest BCUT2D eigenvalue weighted by molar-refractivity contribution is 0.610. The van der Waals surface area contributed by atoms with Gasteiger partial charge in [-0.3, -0.25) is 0 Å². The number of nitrogens with two attached hydrogens (primary N) is 1. The first kappa shape index (κ1) is 16.2. The number of aromatic nitrogens is 1. The fourth-order valence-electron chi connectivity index (χ4n) is 3.64. The van der Waals surface area contributed by atoms with Gasteiger partial charge in [0, 0.05) is 44.5 Å². The Morgan fingerprint density at radius 2 is 2.00 bits per heavy atom. The predicted molar refractivity (Wildman–Crippen MR) is 107 cm³/mol. The minimum absolute atomic E-state index is 0.393. The Labute approximate surface area is 152 Å². The second kappa shape index (κ2) is 6.58. The molecule has 0 radical (unpaired) electrons. The van der Waals surface area contributed by atoms with Crippen LogP contribution >= 0.6 is 11.6 Å². The zero-order chi connectivity index (χ0) is 17.4. The van der Waals surface area contributed by atoms with Crippen molar-refractivity contribution in [3.63, 3.8) is 0 Å². The molecule has 1 heterocycles. The first-order valence-corrected chi connectivity index (χ1v) is 9.07. The molecule has 1 atom stereocenters. The van der Waals surface area contributed by atoms with Gasteiger partial charge in [-0.2, -0.15) is 0 Å². The Bertz CT molecular complexity index is 938. The molecule has 2 aromatic carbocycles.